The van der Waals surface area contributed by atoms with E-state index in [0.717, 1.165) is 19.4 Å². The molecule has 1 aliphatic carbocycles. The van der Waals surface area contributed by atoms with Crippen molar-refractivity contribution in [3.63, 3.8) is 0 Å². The predicted molar refractivity (Wildman–Crippen MR) is 120 cm³/mol. The number of hydrogen-bond donors (Lipinski definition) is 0. The van der Waals surface area contributed by atoms with Crippen LogP contribution in [0.1, 0.15) is 33.6 Å². The lowest BCUT2D eigenvalue weighted by molar-refractivity contribution is -0.00507. The zero-order chi connectivity index (χ0) is 20.9. The van der Waals surface area contributed by atoms with E-state index < -0.39 is 23.9 Å². The summed E-state index contributed by atoms with van der Waals surface area (Å²) in [4.78, 5) is 24.9. The van der Waals surface area contributed by atoms with E-state index >= 15 is 0 Å². The van der Waals surface area contributed by atoms with Crippen molar-refractivity contribution in [1.29, 1.82) is 0 Å². The molecule has 0 bridgehead atoms. The van der Waals surface area contributed by atoms with Gasteiger partial charge in [-0.2, -0.15) is 0 Å². The van der Waals surface area contributed by atoms with Crippen LogP contribution in [0.3, 0.4) is 0 Å². The van der Waals surface area contributed by atoms with Gasteiger partial charge < -0.3 is 9.47 Å². The van der Waals surface area contributed by atoms with Crippen molar-refractivity contribution in [2.24, 2.45) is 5.41 Å². The lowest BCUT2D eigenvalue weighted by Gasteiger charge is -2.33. The second-order valence-corrected chi connectivity index (χ2v) is 9.09. The molecule has 0 spiro atoms. The van der Waals surface area contributed by atoms with Crippen LogP contribution in [0.5, 0.6) is 0 Å². The Bertz CT molecular complexity index is 827. The fourth-order valence-corrected chi connectivity index (χ4v) is 4.15. The molecule has 7 heteroatoms. The maximum atomic E-state index is 12.7. The Balaban J connectivity index is 1.70. The molecular formula is C22H23BINO4. The predicted octanol–water partition coefficient (Wildman–Crippen LogP) is 4.09. The van der Waals surface area contributed by atoms with Gasteiger partial charge >= 0.3 is 11.9 Å². The molecule has 0 aliphatic heterocycles. The third kappa shape index (κ3) is 5.82. The highest BCUT2D eigenvalue weighted by Gasteiger charge is 2.53. The van der Waals surface area contributed by atoms with Crippen molar-refractivity contribution in [2.45, 2.75) is 24.8 Å². The highest BCUT2D eigenvalue weighted by Crippen LogP contribution is 2.53. The molecule has 2 aromatic carbocycles. The monoisotopic (exact) mass is 503 g/mol. The number of halogens is 1. The number of rotatable bonds is 9. The van der Waals surface area contributed by atoms with E-state index in [1.807, 2.05) is 22.3 Å². The molecule has 2 aromatic rings. The lowest BCUT2D eigenvalue weighted by atomic mass is 9.75. The third-order valence-electron chi connectivity index (χ3n) is 5.08. The molecular weight excluding hydrogens is 480 g/mol. The molecule has 0 heterocycles. The molecule has 0 amide bonds. The number of hydrogen-bond acceptors (Lipinski definition) is 5. The van der Waals surface area contributed by atoms with Gasteiger partial charge in [0.25, 0.3) is 0 Å². The lowest BCUT2D eigenvalue weighted by Crippen LogP contribution is -2.39. The first-order chi connectivity index (χ1) is 13.9. The summed E-state index contributed by atoms with van der Waals surface area (Å²) in [6.07, 6.45) is 1.27. The summed E-state index contributed by atoms with van der Waals surface area (Å²) >= 11 is 2.22. The number of benzene rings is 2. The van der Waals surface area contributed by atoms with Gasteiger partial charge in [0.15, 0.2) is 0 Å². The van der Waals surface area contributed by atoms with Crippen LogP contribution in [0.25, 0.3) is 0 Å². The van der Waals surface area contributed by atoms with Crippen molar-refractivity contribution < 1.29 is 19.1 Å². The molecule has 0 N–H and O–H groups in total. The van der Waals surface area contributed by atoms with Gasteiger partial charge in [-0.3, -0.25) is 0 Å². The minimum Gasteiger partial charge on any atom is -0.462 e. The summed E-state index contributed by atoms with van der Waals surface area (Å²) in [5.41, 5.74) is 0.717. The van der Waals surface area contributed by atoms with E-state index in [1.54, 1.807) is 48.5 Å². The number of nitrogens with zero attached hydrogens (tertiary/aromatic N) is 1. The highest BCUT2D eigenvalue weighted by atomic mass is 127. The van der Waals surface area contributed by atoms with Gasteiger partial charge in [0.2, 0.25) is 0 Å². The van der Waals surface area contributed by atoms with Crippen molar-refractivity contribution in [3.05, 3.63) is 71.8 Å². The van der Waals surface area contributed by atoms with Crippen LogP contribution < -0.4 is 0 Å². The highest BCUT2D eigenvalue weighted by molar-refractivity contribution is 14.1. The quantitative estimate of drug-likeness (QED) is 0.224. The summed E-state index contributed by atoms with van der Waals surface area (Å²) in [6.45, 7) is 0.716. The molecule has 5 nitrogen and oxygen atoms in total. The van der Waals surface area contributed by atoms with E-state index in [-0.39, 0.29) is 12.0 Å². The van der Waals surface area contributed by atoms with Gasteiger partial charge in [0, 0.05) is 34.8 Å². The summed E-state index contributed by atoms with van der Waals surface area (Å²) in [7, 11) is 8.37. The summed E-state index contributed by atoms with van der Waals surface area (Å²) in [5, 5.41) is 0. The molecule has 2 radical (unpaired) electrons. The number of ether oxygens (including phenoxy) is 2. The zero-order valence-corrected chi connectivity index (χ0v) is 18.4. The largest absolute Gasteiger partial charge is 0.462 e. The maximum absolute atomic E-state index is 12.7. The van der Waals surface area contributed by atoms with Gasteiger partial charge in [-0.25, -0.2) is 12.7 Å². The Morgan fingerprint density at radius 2 is 1.55 bits per heavy atom. The van der Waals surface area contributed by atoms with Crippen LogP contribution >= 0.6 is 22.9 Å². The molecule has 0 aromatic heterocycles. The molecule has 1 fully saturated rings. The second-order valence-electron chi connectivity index (χ2n) is 7.45. The van der Waals surface area contributed by atoms with Gasteiger partial charge in [-0.1, -0.05) is 36.4 Å². The number of carbonyl (C=O) groups is 2. The smallest absolute Gasteiger partial charge is 0.338 e. The molecule has 2 atom stereocenters. The molecule has 0 saturated heterocycles. The average Bonchev–Trinajstić information content (AvgIpc) is 3.50. The summed E-state index contributed by atoms with van der Waals surface area (Å²) < 4.78 is 13.3. The van der Waals surface area contributed by atoms with Crippen molar-refractivity contribution in [3.8, 4) is 0 Å². The Labute approximate surface area is 186 Å². The van der Waals surface area contributed by atoms with Crippen LogP contribution in [0, 0.1) is 5.41 Å². The first kappa shape index (κ1) is 21.8. The third-order valence-corrected chi connectivity index (χ3v) is 5.42. The van der Waals surface area contributed by atoms with E-state index in [9.17, 15) is 9.59 Å². The Morgan fingerprint density at radius 1 is 1.03 bits per heavy atom. The molecule has 1 saturated carbocycles. The van der Waals surface area contributed by atoms with E-state index in [0.29, 0.717) is 11.1 Å². The van der Waals surface area contributed by atoms with Gasteiger partial charge in [-0.15, -0.1) is 0 Å². The van der Waals surface area contributed by atoms with Crippen molar-refractivity contribution in [1.82, 2.24) is 3.11 Å². The average molecular weight is 503 g/mol. The van der Waals surface area contributed by atoms with Crippen molar-refractivity contribution in [2.75, 3.05) is 20.2 Å². The molecule has 29 heavy (non-hydrogen) atoms. The summed E-state index contributed by atoms with van der Waals surface area (Å²) in [6, 6.07) is 17.6. The summed E-state index contributed by atoms with van der Waals surface area (Å²) in [5.74, 6) is -1.47. The maximum Gasteiger partial charge on any atom is 0.338 e. The first-order valence-corrected chi connectivity index (χ1v) is 10.5. The fraction of sp³-hybridized carbons (Fsp3) is 0.364. The van der Waals surface area contributed by atoms with Crippen LogP contribution in [0.15, 0.2) is 60.7 Å². The molecule has 3 rings (SSSR count). The van der Waals surface area contributed by atoms with Crippen LogP contribution in [0.4, 0.5) is 0 Å². The van der Waals surface area contributed by atoms with Crippen molar-refractivity contribution >= 4 is 42.6 Å². The minimum atomic E-state index is -0.617. The Kier molecular flexibility index (Phi) is 7.35. The normalized spacial score (nSPS) is 16.7. The van der Waals surface area contributed by atoms with Crippen LogP contribution in [-0.4, -0.2) is 49.2 Å². The Morgan fingerprint density at radius 3 is 2.03 bits per heavy atom. The number of carbonyl (C=O) groups excluding carboxylic acids is 2. The van der Waals surface area contributed by atoms with E-state index in [4.69, 9.17) is 17.3 Å². The molecule has 0 unspecified atom stereocenters. The minimum absolute atomic E-state index is 0.0207. The standard InChI is InChI=1S/C22H23BINO4/c1-25(24)15-22(12-13-22)19(29-21(27)17-10-6-3-7-11-17)18(23)14-28-20(26)16-8-4-2-5-9-16/h2-11,18-19H,12-15H2,1H3/t18-,19+/m0/s1. The van der Waals surface area contributed by atoms with Gasteiger partial charge in [-0.05, 0) is 50.0 Å². The van der Waals surface area contributed by atoms with Crippen LogP contribution in [0.2, 0.25) is 5.82 Å². The number of esters is 2. The SMILES string of the molecule is [B][C@@H](COC(=O)c1ccccc1)[C@@H](OC(=O)c1ccccc1)C1(CN(C)I)CC1. The van der Waals surface area contributed by atoms with E-state index in [2.05, 4.69) is 22.9 Å². The first-order valence-electron chi connectivity index (χ1n) is 9.52. The topological polar surface area (TPSA) is 55.8 Å². The zero-order valence-electron chi connectivity index (χ0n) is 16.3. The van der Waals surface area contributed by atoms with Gasteiger partial charge in [0.05, 0.1) is 25.6 Å². The second kappa shape index (κ2) is 9.76. The van der Waals surface area contributed by atoms with E-state index in [1.165, 1.54) is 0 Å². The fourth-order valence-electron chi connectivity index (χ4n) is 3.47. The van der Waals surface area contributed by atoms with Gasteiger partial charge in [0.1, 0.15) is 6.10 Å². The molecule has 150 valence electrons. The Hall–Kier alpha value is -1.87. The van der Waals surface area contributed by atoms with Crippen LogP contribution in [-0.2, 0) is 9.47 Å². The molecule has 1 aliphatic rings.